The van der Waals surface area contributed by atoms with E-state index in [1.54, 1.807) is 11.0 Å². The van der Waals surface area contributed by atoms with Crippen LogP contribution < -0.4 is 20.0 Å². The van der Waals surface area contributed by atoms with Crippen molar-refractivity contribution in [2.75, 3.05) is 78.9 Å². The van der Waals surface area contributed by atoms with Gasteiger partial charge in [0, 0.05) is 93.7 Å². The Morgan fingerprint density at radius 1 is 0.866 bits per heavy atom. The fourth-order valence-electron chi connectivity index (χ4n) is 9.57. The summed E-state index contributed by atoms with van der Waals surface area (Å²) in [5.74, 6) is 1.08. The van der Waals surface area contributed by atoms with E-state index in [1.165, 1.54) is 27.5 Å². The molecule has 1 unspecified atom stereocenters. The Morgan fingerprint density at radius 3 is 2.37 bits per heavy atom. The van der Waals surface area contributed by atoms with Crippen molar-refractivity contribution in [1.82, 2.24) is 34.5 Å². The molecule has 0 radical (unpaired) electrons. The van der Waals surface area contributed by atoms with Gasteiger partial charge in [-0.1, -0.05) is 61.9 Å². The molecule has 17 heteroatoms. The van der Waals surface area contributed by atoms with Gasteiger partial charge in [-0.15, -0.1) is 5.10 Å². The van der Waals surface area contributed by atoms with Crippen LogP contribution in [-0.2, 0) is 22.6 Å². The molecule has 0 bridgehead atoms. The van der Waals surface area contributed by atoms with Gasteiger partial charge in [-0.05, 0) is 65.8 Å². The molecule has 6 aromatic rings. The first kappa shape index (κ1) is 44.3. The number of carbonyl (C=O) groups excluding carboxylic acids is 2. The first-order valence-electron chi connectivity index (χ1n) is 22.8. The molecule has 9 rings (SSSR count). The van der Waals surface area contributed by atoms with Gasteiger partial charge in [0.1, 0.15) is 17.3 Å². The minimum Gasteiger partial charge on any atom is -0.508 e. The minimum atomic E-state index is -0.341. The van der Waals surface area contributed by atoms with E-state index >= 15 is 0 Å². The van der Waals surface area contributed by atoms with E-state index in [0.717, 1.165) is 41.4 Å². The van der Waals surface area contributed by atoms with Crippen molar-refractivity contribution in [3.05, 3.63) is 108 Å². The summed E-state index contributed by atoms with van der Waals surface area (Å²) < 4.78 is 1.45. The normalized spacial score (nSPS) is 16.3. The van der Waals surface area contributed by atoms with Crippen molar-refractivity contribution in [2.45, 2.75) is 51.6 Å². The van der Waals surface area contributed by atoms with Crippen molar-refractivity contribution in [2.24, 2.45) is 0 Å². The van der Waals surface area contributed by atoms with Crippen molar-refractivity contribution in [3.8, 4) is 40.7 Å². The lowest BCUT2D eigenvalue weighted by Crippen LogP contribution is -2.55. The molecule has 344 valence electrons. The van der Waals surface area contributed by atoms with Crippen LogP contribution in [0.4, 0.5) is 23.1 Å². The highest BCUT2D eigenvalue weighted by molar-refractivity contribution is 5.94. The zero-order chi connectivity index (χ0) is 46.8. The van der Waals surface area contributed by atoms with Gasteiger partial charge in [0.2, 0.25) is 17.8 Å². The van der Waals surface area contributed by atoms with Gasteiger partial charge in [-0.3, -0.25) is 9.59 Å². The third-order valence-corrected chi connectivity index (χ3v) is 13.1. The molecule has 5 heterocycles. The predicted molar refractivity (Wildman–Crippen MR) is 257 cm³/mol. The molecule has 4 N–H and O–H groups in total. The Morgan fingerprint density at radius 2 is 1.61 bits per heavy atom. The fraction of sp³-hybridized carbons (Fsp3) is 0.340. The lowest BCUT2D eigenvalue weighted by molar-refractivity contribution is -0.131. The molecule has 2 amide bonds. The topological polar surface area (TPSA) is 203 Å². The van der Waals surface area contributed by atoms with Crippen molar-refractivity contribution in [1.29, 1.82) is 5.26 Å². The van der Waals surface area contributed by atoms with E-state index in [4.69, 9.17) is 9.97 Å². The maximum absolute atomic E-state index is 13.6. The van der Waals surface area contributed by atoms with E-state index in [1.807, 2.05) is 49.1 Å². The summed E-state index contributed by atoms with van der Waals surface area (Å²) in [5.41, 5.74) is 5.60. The lowest BCUT2D eigenvalue weighted by atomic mass is 9.98. The number of fused-ring (bicyclic) bond motifs is 2. The molecule has 3 aliphatic rings. The molecule has 0 spiro atoms. The molecule has 2 fully saturated rings. The largest absolute Gasteiger partial charge is 0.508 e. The average Bonchev–Trinajstić information content (AvgIpc) is 3.73. The Balaban J connectivity index is 0.861. The number of carbonyl (C=O) groups is 2. The van der Waals surface area contributed by atoms with E-state index in [2.05, 4.69) is 79.3 Å². The van der Waals surface area contributed by atoms with Crippen LogP contribution in [0.25, 0.3) is 27.8 Å². The minimum absolute atomic E-state index is 0.0175. The number of phenolic OH excluding ortho intramolecular Hbond substituents is 2. The second-order valence-electron chi connectivity index (χ2n) is 17.5. The van der Waals surface area contributed by atoms with Crippen LogP contribution >= 0.6 is 0 Å². The second kappa shape index (κ2) is 18.9. The van der Waals surface area contributed by atoms with Crippen molar-refractivity contribution < 1.29 is 24.9 Å². The van der Waals surface area contributed by atoms with Crippen LogP contribution in [-0.4, -0.2) is 127 Å². The number of nitrogens with zero attached hydrogens (tertiary/aromatic N) is 11. The molecular weight excluding hydrogens is 849 g/mol. The smallest absolute Gasteiger partial charge is 0.319 e. The van der Waals surface area contributed by atoms with Crippen LogP contribution in [0.1, 0.15) is 49.4 Å². The van der Waals surface area contributed by atoms with Crippen LogP contribution in [0.2, 0.25) is 0 Å². The number of nitrogens with one attached hydrogen (secondary N) is 1. The number of hydrogen-bond acceptors (Lipinski definition) is 14. The molecule has 2 saturated heterocycles. The molecule has 17 nitrogen and oxygen atoms in total. The summed E-state index contributed by atoms with van der Waals surface area (Å²) in [4.78, 5) is 46.8. The molecule has 0 aliphatic carbocycles. The second-order valence-corrected chi connectivity index (χ2v) is 17.5. The van der Waals surface area contributed by atoms with E-state index in [0.29, 0.717) is 81.7 Å². The number of rotatable bonds is 12. The van der Waals surface area contributed by atoms with E-state index < -0.39 is 0 Å². The van der Waals surface area contributed by atoms with Gasteiger partial charge >= 0.3 is 6.01 Å². The van der Waals surface area contributed by atoms with Crippen LogP contribution in [0.5, 0.6) is 17.5 Å². The third kappa shape index (κ3) is 8.94. The monoisotopic (exact) mass is 902 g/mol. The quantitative estimate of drug-likeness (QED) is 0.105. The van der Waals surface area contributed by atoms with Crippen LogP contribution in [0.15, 0.2) is 91.5 Å². The number of aromatic nitrogens is 5. The number of piperazine rings is 2. The first-order valence-corrected chi connectivity index (χ1v) is 22.8. The molecule has 67 heavy (non-hydrogen) atoms. The molecule has 1 atom stereocenters. The van der Waals surface area contributed by atoms with Gasteiger partial charge < -0.3 is 45.1 Å². The number of aromatic hydroxyl groups is 3. The molecule has 3 aliphatic heterocycles. The SMILES string of the molecule is C=CC(=O)N1CCN(c2nc(NCCC(=O)N3CCN(c4ccc(-n5c(O)nnc5-c5cc(C(C)C)c(O)cc5O)cc4)CC3)nc3c2CCN(c2cccc4ccccc24)C3)CC1CC#N. The standard InChI is InChI=1S/C50H54N12O5/c1-4-45(65)61-27-26-60(30-36(61)16-19-51)47-38-18-21-59(42-11-7-9-33-8-5-6-10-37(33)42)31-41(38)53-49(54-47)52-20-17-46(66)58-24-22-57(23-25-58)34-12-14-35(15-13-34)62-48(55-56-50(62)67)40-28-39(32(2)3)43(63)29-44(40)64/h4-15,28-29,32,36,63-64H,1,16-18,20-27,30-31H2,2-3H3,(H,56,67)(H,52,53,54). The molecular formula is C50H54N12O5. The molecule has 4 aromatic carbocycles. The number of phenols is 2. The summed E-state index contributed by atoms with van der Waals surface area (Å²) in [6, 6.07) is 26.8. The van der Waals surface area contributed by atoms with Gasteiger partial charge in [0.05, 0.1) is 42.0 Å². The van der Waals surface area contributed by atoms with Gasteiger partial charge in [0.25, 0.3) is 0 Å². The van der Waals surface area contributed by atoms with Gasteiger partial charge in [0.15, 0.2) is 5.82 Å². The predicted octanol–water partition coefficient (Wildman–Crippen LogP) is 5.95. The lowest BCUT2D eigenvalue weighted by Gasteiger charge is -2.42. The Labute approximate surface area is 388 Å². The van der Waals surface area contributed by atoms with Gasteiger partial charge in [-0.2, -0.15) is 10.2 Å². The number of anilines is 4. The first-order chi connectivity index (χ1) is 32.5. The van der Waals surface area contributed by atoms with E-state index in [-0.39, 0.29) is 59.9 Å². The van der Waals surface area contributed by atoms with Crippen molar-refractivity contribution >= 4 is 45.7 Å². The Bertz CT molecular complexity index is 2860. The Kier molecular flexibility index (Phi) is 12.5. The van der Waals surface area contributed by atoms with E-state index in [9.17, 15) is 30.2 Å². The maximum atomic E-state index is 13.6. The zero-order valence-electron chi connectivity index (χ0n) is 37.7. The summed E-state index contributed by atoms with van der Waals surface area (Å²) in [7, 11) is 0. The highest BCUT2D eigenvalue weighted by Crippen LogP contribution is 2.39. The summed E-state index contributed by atoms with van der Waals surface area (Å²) in [5, 5.41) is 55.2. The molecule has 0 saturated carbocycles. The highest BCUT2D eigenvalue weighted by atomic mass is 16.3. The number of hydrogen-bond donors (Lipinski definition) is 4. The number of amides is 2. The Hall–Kier alpha value is -7.87. The highest BCUT2D eigenvalue weighted by Gasteiger charge is 2.33. The fourth-order valence-corrected chi connectivity index (χ4v) is 9.57. The average molecular weight is 903 g/mol. The van der Waals surface area contributed by atoms with Crippen molar-refractivity contribution in [3.63, 3.8) is 0 Å². The summed E-state index contributed by atoms with van der Waals surface area (Å²) in [6.07, 6.45) is 2.46. The third-order valence-electron chi connectivity index (χ3n) is 13.1. The number of nitriles is 1. The maximum Gasteiger partial charge on any atom is 0.319 e. The summed E-state index contributed by atoms with van der Waals surface area (Å²) >= 11 is 0. The zero-order valence-corrected chi connectivity index (χ0v) is 37.7. The molecule has 2 aromatic heterocycles. The van der Waals surface area contributed by atoms with Gasteiger partial charge in [-0.25, -0.2) is 9.55 Å². The van der Waals surface area contributed by atoms with Crippen LogP contribution in [0.3, 0.4) is 0 Å². The number of benzene rings is 4. The summed E-state index contributed by atoms with van der Waals surface area (Å²) in [6.45, 7) is 13.0. The van der Waals surface area contributed by atoms with Crippen LogP contribution in [0, 0.1) is 11.3 Å².